The van der Waals surface area contributed by atoms with Crippen LogP contribution in [0.3, 0.4) is 0 Å². The molecule has 0 amide bonds. The van der Waals surface area contributed by atoms with E-state index in [-0.39, 0.29) is 0 Å². The quantitative estimate of drug-likeness (QED) is 0.409. The van der Waals surface area contributed by atoms with Crippen LogP contribution in [0.1, 0.15) is 17.1 Å². The SMILES string of the molecule is Cc1nc(C)n2c1-c1cccc3oc4c(C)cc[n+](c4c13)C2. The number of aromatic nitrogens is 3. The first-order chi connectivity index (χ1) is 10.6. The summed E-state index contributed by atoms with van der Waals surface area (Å²) in [6.45, 7) is 7.02. The molecule has 4 nitrogen and oxygen atoms in total. The van der Waals surface area contributed by atoms with E-state index in [0.717, 1.165) is 29.4 Å². The van der Waals surface area contributed by atoms with Crippen molar-refractivity contribution in [3.05, 3.63) is 47.5 Å². The van der Waals surface area contributed by atoms with Crippen molar-refractivity contribution < 1.29 is 8.98 Å². The summed E-state index contributed by atoms with van der Waals surface area (Å²) >= 11 is 0. The van der Waals surface area contributed by atoms with E-state index < -0.39 is 0 Å². The van der Waals surface area contributed by atoms with Crippen LogP contribution < -0.4 is 4.57 Å². The largest absolute Gasteiger partial charge is 0.449 e. The summed E-state index contributed by atoms with van der Waals surface area (Å²) in [4.78, 5) is 4.68. The molecule has 1 aliphatic rings. The van der Waals surface area contributed by atoms with Crippen molar-refractivity contribution in [2.75, 3.05) is 0 Å². The fourth-order valence-electron chi connectivity index (χ4n) is 3.72. The minimum atomic E-state index is 0.766. The van der Waals surface area contributed by atoms with E-state index in [1.165, 1.54) is 27.7 Å². The summed E-state index contributed by atoms with van der Waals surface area (Å²) in [5, 5.41) is 1.20. The van der Waals surface area contributed by atoms with E-state index in [0.29, 0.717) is 0 Å². The van der Waals surface area contributed by atoms with Crippen LogP contribution in [0.25, 0.3) is 33.3 Å². The summed E-state index contributed by atoms with van der Waals surface area (Å²) in [5.74, 6) is 1.05. The summed E-state index contributed by atoms with van der Waals surface area (Å²) in [5.41, 5.74) is 7.78. The summed E-state index contributed by atoms with van der Waals surface area (Å²) < 4.78 is 10.7. The van der Waals surface area contributed by atoms with Gasteiger partial charge < -0.3 is 4.42 Å². The number of benzene rings is 1. The number of hydrogen-bond acceptors (Lipinski definition) is 2. The van der Waals surface area contributed by atoms with Crippen molar-refractivity contribution in [1.82, 2.24) is 9.55 Å². The lowest BCUT2D eigenvalue weighted by Gasteiger charge is -2.06. The van der Waals surface area contributed by atoms with Gasteiger partial charge in [0, 0.05) is 17.2 Å². The molecule has 5 rings (SSSR count). The molecule has 0 atom stereocenters. The van der Waals surface area contributed by atoms with Crippen LogP contribution in [0.15, 0.2) is 34.9 Å². The number of imidazole rings is 1. The van der Waals surface area contributed by atoms with Crippen molar-refractivity contribution >= 4 is 22.1 Å². The van der Waals surface area contributed by atoms with Crippen molar-refractivity contribution in [2.24, 2.45) is 0 Å². The lowest BCUT2D eigenvalue weighted by molar-refractivity contribution is -0.675. The molecule has 4 aromatic rings. The van der Waals surface area contributed by atoms with Gasteiger partial charge in [-0.3, -0.25) is 4.57 Å². The standard InChI is InChI=1S/C18H16N3O/c1-10-7-8-20-9-21-12(3)19-11(2)16(21)13-5-4-6-14-15(13)17(20)18(10)22-14/h4-8H,9H2,1-3H3/q+1. The van der Waals surface area contributed by atoms with Gasteiger partial charge in [-0.2, -0.15) is 4.57 Å². The van der Waals surface area contributed by atoms with Gasteiger partial charge in [0.2, 0.25) is 12.3 Å². The average Bonchev–Trinajstić information content (AvgIpc) is 2.95. The van der Waals surface area contributed by atoms with Crippen molar-refractivity contribution in [2.45, 2.75) is 27.4 Å². The van der Waals surface area contributed by atoms with Crippen LogP contribution in [-0.4, -0.2) is 9.55 Å². The number of aryl methyl sites for hydroxylation is 3. The number of rotatable bonds is 0. The highest BCUT2D eigenvalue weighted by molar-refractivity contribution is 6.09. The lowest BCUT2D eigenvalue weighted by atomic mass is 10.0. The maximum atomic E-state index is 6.15. The van der Waals surface area contributed by atoms with Crippen LogP contribution in [0.2, 0.25) is 0 Å². The highest BCUT2D eigenvalue weighted by atomic mass is 16.3. The Balaban J connectivity index is 2.11. The van der Waals surface area contributed by atoms with Crippen molar-refractivity contribution in [1.29, 1.82) is 0 Å². The molecule has 0 spiro atoms. The van der Waals surface area contributed by atoms with Crippen LogP contribution in [-0.2, 0) is 6.67 Å². The predicted molar refractivity (Wildman–Crippen MR) is 84.7 cm³/mol. The molecular weight excluding hydrogens is 274 g/mol. The number of furan rings is 1. The van der Waals surface area contributed by atoms with E-state index in [1.54, 1.807) is 0 Å². The van der Waals surface area contributed by atoms with E-state index in [9.17, 15) is 0 Å². The molecule has 0 aliphatic carbocycles. The molecule has 0 saturated carbocycles. The second-order valence-electron chi connectivity index (χ2n) is 6.09. The Morgan fingerprint density at radius 1 is 1.18 bits per heavy atom. The Bertz CT molecular complexity index is 1090. The molecule has 0 bridgehead atoms. The normalized spacial score (nSPS) is 13.0. The third-order valence-electron chi connectivity index (χ3n) is 4.72. The minimum absolute atomic E-state index is 0.766. The predicted octanol–water partition coefficient (Wildman–Crippen LogP) is 3.48. The third kappa shape index (κ3) is 1.28. The van der Waals surface area contributed by atoms with Crippen LogP contribution in [0.4, 0.5) is 0 Å². The van der Waals surface area contributed by atoms with Gasteiger partial charge in [0.05, 0.1) is 11.4 Å². The van der Waals surface area contributed by atoms with Gasteiger partial charge in [-0.25, -0.2) is 4.98 Å². The fraction of sp³-hybridized carbons (Fsp3) is 0.222. The molecule has 4 heteroatoms. The molecule has 0 unspecified atom stereocenters. The number of nitrogens with zero attached hydrogens (tertiary/aromatic N) is 3. The Labute approximate surface area is 127 Å². The van der Waals surface area contributed by atoms with Gasteiger partial charge in [0.25, 0.3) is 5.52 Å². The van der Waals surface area contributed by atoms with E-state index in [2.05, 4.69) is 65.4 Å². The summed E-state index contributed by atoms with van der Waals surface area (Å²) in [6, 6.07) is 8.41. The average molecular weight is 290 g/mol. The lowest BCUT2D eigenvalue weighted by Crippen LogP contribution is -2.37. The number of hydrogen-bond donors (Lipinski definition) is 0. The topological polar surface area (TPSA) is 34.8 Å². The Kier molecular flexibility index (Phi) is 2.05. The summed E-state index contributed by atoms with van der Waals surface area (Å²) in [7, 11) is 0. The molecule has 1 aliphatic heterocycles. The highest BCUT2D eigenvalue weighted by Gasteiger charge is 2.29. The van der Waals surface area contributed by atoms with Gasteiger partial charge in [-0.05, 0) is 26.8 Å². The van der Waals surface area contributed by atoms with Crippen molar-refractivity contribution in [3.63, 3.8) is 0 Å². The highest BCUT2D eigenvalue weighted by Crippen LogP contribution is 2.38. The molecule has 0 radical (unpaired) electrons. The van der Waals surface area contributed by atoms with Crippen molar-refractivity contribution in [3.8, 4) is 11.3 Å². The van der Waals surface area contributed by atoms with Gasteiger partial charge in [0.15, 0.2) is 6.20 Å². The monoisotopic (exact) mass is 290 g/mol. The molecular formula is C18H16N3O+. The van der Waals surface area contributed by atoms with E-state index >= 15 is 0 Å². The Hall–Kier alpha value is -2.62. The molecule has 1 aromatic carbocycles. The molecule has 108 valence electrons. The third-order valence-corrected chi connectivity index (χ3v) is 4.72. The maximum absolute atomic E-state index is 6.15. The summed E-state index contributed by atoms with van der Waals surface area (Å²) in [6.07, 6.45) is 2.15. The van der Waals surface area contributed by atoms with Gasteiger partial charge in [-0.15, -0.1) is 0 Å². The smallest absolute Gasteiger partial charge is 0.261 e. The second kappa shape index (κ2) is 3.77. The van der Waals surface area contributed by atoms with Gasteiger partial charge in [0.1, 0.15) is 16.8 Å². The Morgan fingerprint density at radius 2 is 2.05 bits per heavy atom. The zero-order chi connectivity index (χ0) is 15.0. The van der Waals surface area contributed by atoms with Crippen LogP contribution >= 0.6 is 0 Å². The zero-order valence-corrected chi connectivity index (χ0v) is 12.8. The second-order valence-corrected chi connectivity index (χ2v) is 6.09. The molecule has 3 aromatic heterocycles. The van der Waals surface area contributed by atoms with E-state index in [1.807, 2.05) is 0 Å². The number of fused-ring (bicyclic) bond motifs is 2. The van der Waals surface area contributed by atoms with Gasteiger partial charge >= 0.3 is 0 Å². The first-order valence-electron chi connectivity index (χ1n) is 7.53. The molecule has 0 N–H and O–H groups in total. The fourth-order valence-corrected chi connectivity index (χ4v) is 3.72. The first-order valence-corrected chi connectivity index (χ1v) is 7.53. The molecule has 0 fully saturated rings. The molecule has 0 saturated heterocycles. The zero-order valence-electron chi connectivity index (χ0n) is 12.8. The van der Waals surface area contributed by atoms with Crippen LogP contribution in [0, 0.1) is 20.8 Å². The molecule has 22 heavy (non-hydrogen) atoms. The van der Waals surface area contributed by atoms with Crippen LogP contribution in [0.5, 0.6) is 0 Å². The Morgan fingerprint density at radius 3 is 2.91 bits per heavy atom. The van der Waals surface area contributed by atoms with E-state index in [4.69, 9.17) is 4.42 Å². The first kappa shape index (κ1) is 12.0. The number of pyridine rings is 1. The minimum Gasteiger partial charge on any atom is -0.449 e. The molecule has 4 heterocycles. The maximum Gasteiger partial charge on any atom is 0.261 e. The van der Waals surface area contributed by atoms with Gasteiger partial charge in [-0.1, -0.05) is 12.1 Å².